The number of hydrogen-bond acceptors (Lipinski definition) is 8. The second kappa shape index (κ2) is 4.96. The summed E-state index contributed by atoms with van der Waals surface area (Å²) < 4.78 is 27.1. The zero-order valence-electron chi connectivity index (χ0n) is 13.2. The van der Waals surface area contributed by atoms with Gasteiger partial charge in [-0.1, -0.05) is 0 Å². The highest BCUT2D eigenvalue weighted by Crippen LogP contribution is 2.50. The standard InChI is InChI=1S/C17H14O8/c1-21-8-4-9-13(12-7(18)5-23-17(12)24-9)14-10(8)6-2-3-22-15(19)11(6)16(20)25-14/h4,7,12,17-18H,2-3,5H2,1H3/t7-,12+,17+/m1/s1. The number of ether oxygens (including phenoxy) is 4. The number of carbonyl (C=O) groups is 1. The summed E-state index contributed by atoms with van der Waals surface area (Å²) in [5, 5.41) is 10.8. The number of fused-ring (bicyclic) bond motifs is 7. The van der Waals surface area contributed by atoms with Crippen LogP contribution < -0.4 is 15.1 Å². The summed E-state index contributed by atoms with van der Waals surface area (Å²) in [4.78, 5) is 24.4. The van der Waals surface area contributed by atoms with Crippen molar-refractivity contribution < 1.29 is 33.3 Å². The Hall–Kier alpha value is -2.58. The van der Waals surface area contributed by atoms with Gasteiger partial charge in [0.05, 0.1) is 43.3 Å². The van der Waals surface area contributed by atoms with Crippen LogP contribution in [0.1, 0.15) is 27.4 Å². The number of aliphatic hydroxyl groups is 1. The van der Waals surface area contributed by atoms with Crippen molar-refractivity contribution in [2.24, 2.45) is 0 Å². The van der Waals surface area contributed by atoms with Crippen LogP contribution in [0, 0.1) is 0 Å². The summed E-state index contributed by atoms with van der Waals surface area (Å²) in [6.45, 7) is 0.322. The fourth-order valence-corrected chi connectivity index (χ4v) is 3.90. The molecule has 8 nitrogen and oxygen atoms in total. The number of hydrogen-bond donors (Lipinski definition) is 1. The lowest BCUT2D eigenvalue weighted by molar-refractivity contribution is -0.0348. The molecule has 0 saturated carbocycles. The molecule has 2 aromatic rings. The van der Waals surface area contributed by atoms with Gasteiger partial charge in [0.15, 0.2) is 0 Å². The van der Waals surface area contributed by atoms with E-state index in [0.29, 0.717) is 34.4 Å². The van der Waals surface area contributed by atoms with Crippen molar-refractivity contribution in [3.63, 3.8) is 0 Å². The Labute approximate surface area is 140 Å². The quantitative estimate of drug-likeness (QED) is 0.595. The van der Waals surface area contributed by atoms with Gasteiger partial charge in [-0.15, -0.1) is 0 Å². The topological polar surface area (TPSA) is 104 Å². The van der Waals surface area contributed by atoms with Crippen LogP contribution in [0.5, 0.6) is 11.5 Å². The van der Waals surface area contributed by atoms with Gasteiger partial charge in [-0.2, -0.15) is 0 Å². The third-order valence-electron chi connectivity index (χ3n) is 4.97. The molecule has 4 heterocycles. The van der Waals surface area contributed by atoms with Gasteiger partial charge in [-0.05, 0) is 5.56 Å². The van der Waals surface area contributed by atoms with E-state index >= 15 is 0 Å². The maximum atomic E-state index is 12.4. The van der Waals surface area contributed by atoms with E-state index in [9.17, 15) is 14.7 Å². The van der Waals surface area contributed by atoms with Crippen LogP contribution in [0.2, 0.25) is 0 Å². The van der Waals surface area contributed by atoms with Crippen molar-refractivity contribution in [2.75, 3.05) is 20.3 Å². The highest BCUT2D eigenvalue weighted by atomic mass is 16.7. The van der Waals surface area contributed by atoms with Crippen LogP contribution in [0.25, 0.3) is 11.0 Å². The van der Waals surface area contributed by atoms with E-state index in [0.717, 1.165) is 0 Å². The molecule has 3 aliphatic heterocycles. The van der Waals surface area contributed by atoms with Crippen LogP contribution in [0.4, 0.5) is 0 Å². The second-order valence-corrected chi connectivity index (χ2v) is 6.24. The number of aliphatic hydroxyl groups excluding tert-OH is 1. The average Bonchev–Trinajstić information content (AvgIpc) is 3.13. The predicted molar refractivity (Wildman–Crippen MR) is 82.1 cm³/mol. The van der Waals surface area contributed by atoms with Gasteiger partial charge in [0, 0.05) is 12.5 Å². The number of methoxy groups -OCH3 is 1. The third kappa shape index (κ3) is 1.83. The molecule has 8 heteroatoms. The van der Waals surface area contributed by atoms with Gasteiger partial charge in [-0.3, -0.25) is 0 Å². The first-order chi connectivity index (χ1) is 12.1. The minimum absolute atomic E-state index is 0.101. The molecule has 0 amide bonds. The van der Waals surface area contributed by atoms with Crippen LogP contribution in [0.3, 0.4) is 0 Å². The lowest BCUT2D eigenvalue weighted by atomic mass is 9.91. The second-order valence-electron chi connectivity index (χ2n) is 6.24. The molecule has 0 radical (unpaired) electrons. The lowest BCUT2D eigenvalue weighted by Gasteiger charge is -2.19. The summed E-state index contributed by atoms with van der Waals surface area (Å²) in [5.41, 5.74) is 0.517. The SMILES string of the molecule is COc1cc2c(c3oc(=O)c4c(c13)CCOC4=O)[C@H]1[C@@H](OC[C@H]1O)O2. The first-order valence-corrected chi connectivity index (χ1v) is 7.94. The molecule has 1 saturated heterocycles. The van der Waals surface area contributed by atoms with Crippen molar-refractivity contribution in [2.45, 2.75) is 24.7 Å². The molecule has 1 N–H and O–H groups in total. The van der Waals surface area contributed by atoms with Crippen LogP contribution in [0.15, 0.2) is 15.3 Å². The van der Waals surface area contributed by atoms with Crippen molar-refractivity contribution in [1.29, 1.82) is 0 Å². The molecular weight excluding hydrogens is 332 g/mol. The molecular formula is C17H14O8. The van der Waals surface area contributed by atoms with E-state index in [1.807, 2.05) is 0 Å². The molecule has 1 fully saturated rings. The van der Waals surface area contributed by atoms with Crippen molar-refractivity contribution in [3.05, 3.63) is 33.2 Å². The highest BCUT2D eigenvalue weighted by Gasteiger charge is 2.48. The molecule has 3 atom stereocenters. The van der Waals surface area contributed by atoms with E-state index in [2.05, 4.69) is 0 Å². The molecule has 25 heavy (non-hydrogen) atoms. The molecule has 0 unspecified atom stereocenters. The van der Waals surface area contributed by atoms with Gasteiger partial charge in [0.1, 0.15) is 22.6 Å². The molecule has 1 aromatic carbocycles. The summed E-state index contributed by atoms with van der Waals surface area (Å²) in [7, 11) is 1.49. The molecule has 3 aliphatic rings. The van der Waals surface area contributed by atoms with Crippen LogP contribution >= 0.6 is 0 Å². The van der Waals surface area contributed by atoms with Gasteiger partial charge in [-0.25, -0.2) is 9.59 Å². The van der Waals surface area contributed by atoms with Gasteiger partial charge >= 0.3 is 11.6 Å². The molecule has 130 valence electrons. The number of rotatable bonds is 1. The summed E-state index contributed by atoms with van der Waals surface area (Å²) in [6.07, 6.45) is -1.02. The van der Waals surface area contributed by atoms with E-state index in [1.165, 1.54) is 7.11 Å². The molecule has 1 aromatic heterocycles. The first kappa shape index (κ1) is 14.7. The Morgan fingerprint density at radius 1 is 1.32 bits per heavy atom. The fourth-order valence-electron chi connectivity index (χ4n) is 3.90. The number of carbonyl (C=O) groups excluding carboxylic acids is 1. The Morgan fingerprint density at radius 3 is 2.96 bits per heavy atom. The average molecular weight is 346 g/mol. The van der Waals surface area contributed by atoms with Crippen LogP contribution in [-0.2, 0) is 15.9 Å². The first-order valence-electron chi connectivity index (χ1n) is 7.94. The molecule has 5 rings (SSSR count). The van der Waals surface area contributed by atoms with Gasteiger partial charge in [0.25, 0.3) is 0 Å². The molecule has 0 bridgehead atoms. The minimum atomic E-state index is -0.769. The Balaban J connectivity index is 1.90. The Kier molecular flexibility index (Phi) is 2.93. The van der Waals surface area contributed by atoms with Gasteiger partial charge < -0.3 is 28.5 Å². The predicted octanol–water partition coefficient (Wildman–Crippen LogP) is 0.708. The molecule has 0 spiro atoms. The normalized spacial score (nSPS) is 26.6. The Bertz CT molecular complexity index is 975. The smallest absolute Gasteiger partial charge is 0.351 e. The number of esters is 1. The van der Waals surface area contributed by atoms with Crippen molar-refractivity contribution in [3.8, 4) is 11.5 Å². The third-order valence-corrected chi connectivity index (χ3v) is 4.97. The maximum Gasteiger partial charge on any atom is 0.351 e. The maximum absolute atomic E-state index is 12.4. The Morgan fingerprint density at radius 2 is 2.16 bits per heavy atom. The van der Waals surface area contributed by atoms with Crippen molar-refractivity contribution in [1.82, 2.24) is 0 Å². The number of benzene rings is 1. The summed E-state index contributed by atoms with van der Waals surface area (Å²) in [5.74, 6) is -0.282. The van der Waals surface area contributed by atoms with E-state index < -0.39 is 29.9 Å². The largest absolute Gasteiger partial charge is 0.496 e. The monoisotopic (exact) mass is 346 g/mol. The highest BCUT2D eigenvalue weighted by molar-refractivity contribution is 6.01. The molecule has 0 aliphatic carbocycles. The van der Waals surface area contributed by atoms with E-state index in [1.54, 1.807) is 6.07 Å². The fraction of sp³-hybridized carbons (Fsp3) is 0.412. The van der Waals surface area contributed by atoms with Gasteiger partial charge in [0.2, 0.25) is 6.29 Å². The van der Waals surface area contributed by atoms with Crippen molar-refractivity contribution >= 4 is 16.9 Å². The van der Waals surface area contributed by atoms with E-state index in [-0.39, 0.29) is 24.4 Å². The summed E-state index contributed by atoms with van der Waals surface area (Å²) >= 11 is 0. The van der Waals surface area contributed by atoms with Crippen LogP contribution in [-0.4, -0.2) is 43.8 Å². The zero-order valence-corrected chi connectivity index (χ0v) is 13.2. The lowest BCUT2D eigenvalue weighted by Crippen LogP contribution is -2.26. The minimum Gasteiger partial charge on any atom is -0.496 e. The number of cyclic esters (lactones) is 1. The zero-order chi connectivity index (χ0) is 17.3. The van der Waals surface area contributed by atoms with E-state index in [4.69, 9.17) is 23.4 Å². The summed E-state index contributed by atoms with van der Waals surface area (Å²) in [6, 6.07) is 1.67.